The second-order valence-electron chi connectivity index (χ2n) is 3.93. The maximum Gasteiger partial charge on any atom is 0.306 e. The van der Waals surface area contributed by atoms with Crippen molar-refractivity contribution < 1.29 is 14.3 Å². The standard InChI is InChI=1S/C11H20N2O3/c1-3-12(8-5-11(15)16-2)9-10(14)13-6-4-7-13/h3-9H2,1-2H3. The molecular weight excluding hydrogens is 208 g/mol. The van der Waals surface area contributed by atoms with Gasteiger partial charge in [0.1, 0.15) is 0 Å². The average Bonchev–Trinajstić information content (AvgIpc) is 2.20. The number of carbonyl (C=O) groups is 2. The number of hydrogen-bond donors (Lipinski definition) is 0. The normalized spacial score (nSPS) is 14.8. The lowest BCUT2D eigenvalue weighted by molar-refractivity contribution is -0.142. The summed E-state index contributed by atoms with van der Waals surface area (Å²) in [4.78, 5) is 26.5. The number of carbonyl (C=O) groups excluding carboxylic acids is 2. The topological polar surface area (TPSA) is 49.9 Å². The van der Waals surface area contributed by atoms with E-state index in [0.717, 1.165) is 26.1 Å². The van der Waals surface area contributed by atoms with Gasteiger partial charge in [-0.3, -0.25) is 14.5 Å². The molecule has 1 fully saturated rings. The number of hydrogen-bond acceptors (Lipinski definition) is 4. The molecule has 0 N–H and O–H groups in total. The van der Waals surface area contributed by atoms with E-state index in [1.54, 1.807) is 0 Å². The highest BCUT2D eigenvalue weighted by Crippen LogP contribution is 2.06. The molecule has 0 aliphatic carbocycles. The number of esters is 1. The van der Waals surface area contributed by atoms with Gasteiger partial charge in [-0.15, -0.1) is 0 Å². The summed E-state index contributed by atoms with van der Waals surface area (Å²) < 4.78 is 4.57. The Morgan fingerprint density at radius 1 is 1.38 bits per heavy atom. The monoisotopic (exact) mass is 228 g/mol. The van der Waals surface area contributed by atoms with Crippen LogP contribution in [0.1, 0.15) is 19.8 Å². The third-order valence-corrected chi connectivity index (χ3v) is 2.87. The van der Waals surface area contributed by atoms with Crippen molar-refractivity contribution in [3.63, 3.8) is 0 Å². The molecule has 1 aliphatic heterocycles. The van der Waals surface area contributed by atoms with Crippen LogP contribution in [0.5, 0.6) is 0 Å². The molecule has 0 bridgehead atoms. The lowest BCUT2D eigenvalue weighted by atomic mass is 10.2. The van der Waals surface area contributed by atoms with Crippen LogP contribution in [0, 0.1) is 0 Å². The Bertz CT molecular complexity index is 252. The van der Waals surface area contributed by atoms with Gasteiger partial charge in [0.2, 0.25) is 5.91 Å². The van der Waals surface area contributed by atoms with Crippen LogP contribution in [0.4, 0.5) is 0 Å². The van der Waals surface area contributed by atoms with Crippen molar-refractivity contribution in [1.82, 2.24) is 9.80 Å². The van der Waals surface area contributed by atoms with Gasteiger partial charge in [0.15, 0.2) is 0 Å². The van der Waals surface area contributed by atoms with Crippen molar-refractivity contribution in [3.05, 3.63) is 0 Å². The fraction of sp³-hybridized carbons (Fsp3) is 0.818. The summed E-state index contributed by atoms with van der Waals surface area (Å²) in [5, 5.41) is 0. The molecule has 5 heteroatoms. The summed E-state index contributed by atoms with van der Waals surface area (Å²) in [7, 11) is 1.38. The molecule has 1 amide bonds. The van der Waals surface area contributed by atoms with Crippen LogP contribution in [0.2, 0.25) is 0 Å². The van der Waals surface area contributed by atoms with E-state index in [1.807, 2.05) is 16.7 Å². The molecule has 0 spiro atoms. The third-order valence-electron chi connectivity index (χ3n) is 2.87. The number of likely N-dealkylation sites (tertiary alicyclic amines) is 1. The van der Waals surface area contributed by atoms with E-state index in [-0.39, 0.29) is 11.9 Å². The van der Waals surface area contributed by atoms with Gasteiger partial charge in [0, 0.05) is 19.6 Å². The Labute approximate surface area is 96.3 Å². The molecular formula is C11H20N2O3. The van der Waals surface area contributed by atoms with Crippen molar-refractivity contribution in [2.24, 2.45) is 0 Å². The molecule has 0 aromatic carbocycles. The summed E-state index contributed by atoms with van der Waals surface area (Å²) in [6.07, 6.45) is 1.46. The second-order valence-corrected chi connectivity index (χ2v) is 3.93. The van der Waals surface area contributed by atoms with Crippen molar-refractivity contribution in [1.29, 1.82) is 0 Å². The minimum atomic E-state index is -0.227. The number of rotatable bonds is 6. The number of ether oxygens (including phenoxy) is 1. The number of likely N-dealkylation sites (N-methyl/N-ethyl adjacent to an activating group) is 1. The maximum atomic E-state index is 11.7. The van der Waals surface area contributed by atoms with Crippen molar-refractivity contribution in [2.45, 2.75) is 19.8 Å². The Morgan fingerprint density at radius 3 is 2.50 bits per heavy atom. The van der Waals surface area contributed by atoms with Gasteiger partial charge in [0.05, 0.1) is 20.1 Å². The number of nitrogens with zero attached hydrogens (tertiary/aromatic N) is 2. The SMILES string of the molecule is CCN(CCC(=O)OC)CC(=O)N1CCC1. The van der Waals surface area contributed by atoms with Crippen LogP contribution in [0.15, 0.2) is 0 Å². The first kappa shape index (κ1) is 13.0. The zero-order chi connectivity index (χ0) is 12.0. The summed E-state index contributed by atoms with van der Waals surface area (Å²) in [6, 6.07) is 0. The first-order valence-corrected chi connectivity index (χ1v) is 5.74. The number of methoxy groups -OCH3 is 1. The molecule has 0 unspecified atom stereocenters. The molecule has 1 saturated heterocycles. The molecule has 0 atom stereocenters. The summed E-state index contributed by atoms with van der Waals surface area (Å²) in [5.41, 5.74) is 0. The summed E-state index contributed by atoms with van der Waals surface area (Å²) in [6.45, 7) is 5.52. The fourth-order valence-electron chi connectivity index (χ4n) is 1.56. The Kier molecular flexibility index (Phi) is 5.25. The second kappa shape index (κ2) is 6.48. The van der Waals surface area contributed by atoms with Crippen LogP contribution >= 0.6 is 0 Å². The molecule has 0 radical (unpaired) electrons. The molecule has 0 aromatic heterocycles. The van der Waals surface area contributed by atoms with Crippen molar-refractivity contribution in [2.75, 3.05) is 39.8 Å². The Morgan fingerprint density at radius 2 is 2.06 bits per heavy atom. The molecule has 1 aliphatic rings. The predicted molar refractivity (Wildman–Crippen MR) is 59.9 cm³/mol. The Balaban J connectivity index is 2.24. The quantitative estimate of drug-likeness (QED) is 0.605. The predicted octanol–water partition coefficient (Wildman–Crippen LogP) is 0.104. The van der Waals surface area contributed by atoms with Gasteiger partial charge in [0.25, 0.3) is 0 Å². The van der Waals surface area contributed by atoms with E-state index in [2.05, 4.69) is 4.74 Å². The highest BCUT2D eigenvalue weighted by Gasteiger charge is 2.21. The summed E-state index contributed by atoms with van der Waals surface area (Å²) in [5.74, 6) is -0.0622. The van der Waals surface area contributed by atoms with Crippen LogP contribution < -0.4 is 0 Å². The highest BCUT2D eigenvalue weighted by atomic mass is 16.5. The van der Waals surface area contributed by atoms with Gasteiger partial charge in [-0.25, -0.2) is 0 Å². The molecule has 1 heterocycles. The highest BCUT2D eigenvalue weighted by molar-refractivity contribution is 5.79. The van der Waals surface area contributed by atoms with Crippen LogP contribution in [0.25, 0.3) is 0 Å². The smallest absolute Gasteiger partial charge is 0.306 e. The van der Waals surface area contributed by atoms with Crippen molar-refractivity contribution >= 4 is 11.9 Å². The van der Waals surface area contributed by atoms with E-state index >= 15 is 0 Å². The lowest BCUT2D eigenvalue weighted by Crippen LogP contribution is -2.47. The third kappa shape index (κ3) is 3.81. The number of amides is 1. The van der Waals surface area contributed by atoms with E-state index in [1.165, 1.54) is 7.11 Å². The fourth-order valence-corrected chi connectivity index (χ4v) is 1.56. The lowest BCUT2D eigenvalue weighted by Gasteiger charge is -2.33. The van der Waals surface area contributed by atoms with E-state index in [4.69, 9.17) is 0 Å². The molecule has 92 valence electrons. The zero-order valence-electron chi connectivity index (χ0n) is 10.1. The van der Waals surface area contributed by atoms with Gasteiger partial charge < -0.3 is 9.64 Å². The molecule has 5 nitrogen and oxygen atoms in total. The molecule has 1 rings (SSSR count). The molecule has 16 heavy (non-hydrogen) atoms. The minimum absolute atomic E-state index is 0.165. The first-order valence-electron chi connectivity index (χ1n) is 5.74. The minimum Gasteiger partial charge on any atom is -0.469 e. The van der Waals surface area contributed by atoms with Gasteiger partial charge >= 0.3 is 5.97 Å². The maximum absolute atomic E-state index is 11.7. The van der Waals surface area contributed by atoms with E-state index in [0.29, 0.717) is 19.5 Å². The average molecular weight is 228 g/mol. The van der Waals surface area contributed by atoms with Crippen LogP contribution in [-0.2, 0) is 14.3 Å². The van der Waals surface area contributed by atoms with E-state index in [9.17, 15) is 9.59 Å². The summed E-state index contributed by atoms with van der Waals surface area (Å²) >= 11 is 0. The van der Waals surface area contributed by atoms with Gasteiger partial charge in [-0.05, 0) is 13.0 Å². The van der Waals surface area contributed by atoms with Crippen LogP contribution in [0.3, 0.4) is 0 Å². The van der Waals surface area contributed by atoms with Crippen molar-refractivity contribution in [3.8, 4) is 0 Å². The van der Waals surface area contributed by atoms with Crippen LogP contribution in [-0.4, -0.2) is 61.5 Å². The van der Waals surface area contributed by atoms with E-state index < -0.39 is 0 Å². The molecule has 0 saturated carbocycles. The largest absolute Gasteiger partial charge is 0.469 e. The first-order chi connectivity index (χ1) is 7.67. The van der Waals surface area contributed by atoms with Gasteiger partial charge in [-0.1, -0.05) is 6.92 Å². The zero-order valence-corrected chi connectivity index (χ0v) is 10.1. The molecule has 0 aromatic rings. The Hall–Kier alpha value is -1.10. The van der Waals surface area contributed by atoms with Gasteiger partial charge in [-0.2, -0.15) is 0 Å².